The summed E-state index contributed by atoms with van der Waals surface area (Å²) in [4.78, 5) is 111. The maximum absolute atomic E-state index is 14.3. The molecule has 0 spiro atoms. The SMILES string of the molecule is CC[C@H](C)[C@H](NC(=O)[C@H](CC(=O)O)NC(=O)[C@H](CC(C)C)NC(=O)[C@@H](NC(C)=O)C(c1ccccc1)c1ccccc1)C(=O)N[C@H](C(=O)N[C@@H](Cc1cccnc1)C(=O)O)[C@@H](C)CC. The fourth-order valence-corrected chi connectivity index (χ4v) is 7.15. The van der Waals surface area contributed by atoms with Gasteiger partial charge in [0.15, 0.2) is 0 Å². The predicted octanol–water partition coefficient (Wildman–Crippen LogP) is 3.08. The van der Waals surface area contributed by atoms with E-state index >= 15 is 0 Å². The zero-order chi connectivity index (χ0) is 47.5. The van der Waals surface area contributed by atoms with Crippen molar-refractivity contribution in [1.29, 1.82) is 0 Å². The van der Waals surface area contributed by atoms with Crippen molar-refractivity contribution in [3.05, 3.63) is 102 Å². The maximum Gasteiger partial charge on any atom is 0.326 e. The Morgan fingerprint density at radius 3 is 1.48 bits per heavy atom. The maximum atomic E-state index is 14.3. The number of hydrogen-bond donors (Lipinski definition) is 8. The first-order valence-corrected chi connectivity index (χ1v) is 21.6. The number of carboxylic acid groups (broad SMARTS) is 2. The zero-order valence-corrected chi connectivity index (χ0v) is 37.5. The van der Waals surface area contributed by atoms with Crippen LogP contribution in [0.5, 0.6) is 0 Å². The Labute approximate surface area is 374 Å². The van der Waals surface area contributed by atoms with Crippen molar-refractivity contribution in [3.63, 3.8) is 0 Å². The highest BCUT2D eigenvalue weighted by atomic mass is 16.4. The van der Waals surface area contributed by atoms with Gasteiger partial charge in [0.05, 0.1) is 6.42 Å². The first-order valence-electron chi connectivity index (χ1n) is 21.6. The van der Waals surface area contributed by atoms with E-state index in [1.807, 2.05) is 36.4 Å². The molecule has 2 aromatic carbocycles. The molecule has 0 saturated heterocycles. The van der Waals surface area contributed by atoms with Crippen LogP contribution >= 0.6 is 0 Å². The summed E-state index contributed by atoms with van der Waals surface area (Å²) in [6, 6.07) is 13.3. The molecule has 346 valence electrons. The number of aromatic nitrogens is 1. The van der Waals surface area contributed by atoms with Gasteiger partial charge in [-0.25, -0.2) is 4.79 Å². The monoisotopic (exact) mass is 885 g/mol. The summed E-state index contributed by atoms with van der Waals surface area (Å²) in [5.41, 5.74) is 1.99. The number of nitrogens with one attached hydrogen (secondary N) is 6. The van der Waals surface area contributed by atoms with Gasteiger partial charge in [-0.2, -0.15) is 0 Å². The standard InChI is InChI=1S/C47H63N7O10/c1-8-28(5)39(44(60)52-36(47(63)64)24-31-17-16-22-48-26-31)54-45(61)40(29(6)9-2)53-43(59)35(25-37(56)57)50-42(58)34(23-27(3)4)51-46(62)41(49-30(7)55)38(32-18-12-10-13-19-32)33-20-14-11-15-21-33/h10-22,26-29,34-36,38-41H,8-9,23-25H2,1-7H3,(H,49,55)(H,50,58)(H,51,62)(H,52,60)(H,53,59)(H,54,61)(H,56,57)(H,63,64)/t28-,29-,34-,35-,36-,39-,40-,41-/m0/s1. The lowest BCUT2D eigenvalue weighted by atomic mass is 9.84. The van der Waals surface area contributed by atoms with Crippen LogP contribution in [0.2, 0.25) is 0 Å². The zero-order valence-electron chi connectivity index (χ0n) is 37.5. The molecule has 0 unspecified atom stereocenters. The Balaban J connectivity index is 1.89. The second kappa shape index (κ2) is 25.5. The third kappa shape index (κ3) is 15.9. The molecule has 0 saturated carbocycles. The molecule has 1 aromatic heterocycles. The van der Waals surface area contributed by atoms with Crippen LogP contribution < -0.4 is 31.9 Å². The van der Waals surface area contributed by atoms with Crippen LogP contribution in [-0.2, 0) is 44.8 Å². The molecule has 0 bridgehead atoms. The molecule has 3 rings (SSSR count). The van der Waals surface area contributed by atoms with Gasteiger partial charge in [-0.3, -0.25) is 38.5 Å². The van der Waals surface area contributed by atoms with Crippen molar-refractivity contribution in [3.8, 4) is 0 Å². The Morgan fingerprint density at radius 1 is 0.562 bits per heavy atom. The second-order valence-corrected chi connectivity index (χ2v) is 16.5. The van der Waals surface area contributed by atoms with Gasteiger partial charge in [0, 0.05) is 31.7 Å². The summed E-state index contributed by atoms with van der Waals surface area (Å²) in [7, 11) is 0. The second-order valence-electron chi connectivity index (χ2n) is 16.5. The number of nitrogens with zero attached hydrogens (tertiary/aromatic N) is 1. The topological polar surface area (TPSA) is 262 Å². The molecule has 1 heterocycles. The van der Waals surface area contributed by atoms with Crippen LogP contribution in [0.15, 0.2) is 85.2 Å². The van der Waals surface area contributed by atoms with Gasteiger partial charge in [0.1, 0.15) is 36.3 Å². The lowest BCUT2D eigenvalue weighted by molar-refractivity contribution is -0.142. The highest BCUT2D eigenvalue weighted by molar-refractivity contribution is 5.98. The molecule has 0 aliphatic carbocycles. The first-order chi connectivity index (χ1) is 30.4. The van der Waals surface area contributed by atoms with Crippen LogP contribution in [0, 0.1) is 17.8 Å². The highest BCUT2D eigenvalue weighted by Crippen LogP contribution is 2.29. The van der Waals surface area contributed by atoms with Crippen LogP contribution in [0.4, 0.5) is 0 Å². The molecule has 8 atom stereocenters. The first kappa shape index (κ1) is 51.7. The van der Waals surface area contributed by atoms with Crippen molar-refractivity contribution >= 4 is 47.4 Å². The van der Waals surface area contributed by atoms with Crippen LogP contribution in [0.1, 0.15) is 96.8 Å². The molecular weight excluding hydrogens is 823 g/mol. The van der Waals surface area contributed by atoms with Gasteiger partial charge >= 0.3 is 11.9 Å². The molecule has 0 aliphatic rings. The number of rotatable bonds is 25. The molecule has 8 N–H and O–H groups in total. The summed E-state index contributed by atoms with van der Waals surface area (Å²) in [6.07, 6.45) is 2.87. The van der Waals surface area contributed by atoms with E-state index in [1.54, 1.807) is 77.9 Å². The van der Waals surface area contributed by atoms with Crippen LogP contribution in [0.3, 0.4) is 0 Å². The third-order valence-electron chi connectivity index (χ3n) is 11.0. The van der Waals surface area contributed by atoms with E-state index < -0.39 is 108 Å². The van der Waals surface area contributed by atoms with Crippen LogP contribution in [-0.4, -0.2) is 98.8 Å². The number of carbonyl (C=O) groups excluding carboxylic acids is 6. The van der Waals surface area contributed by atoms with E-state index in [-0.39, 0.29) is 18.8 Å². The van der Waals surface area contributed by atoms with Crippen molar-refractivity contribution in [2.45, 2.75) is 123 Å². The van der Waals surface area contributed by atoms with E-state index in [1.165, 1.54) is 19.3 Å². The fourth-order valence-electron chi connectivity index (χ4n) is 7.15. The largest absolute Gasteiger partial charge is 0.481 e. The van der Waals surface area contributed by atoms with Gasteiger partial charge in [0.2, 0.25) is 35.4 Å². The minimum atomic E-state index is -1.72. The van der Waals surface area contributed by atoms with E-state index in [9.17, 15) is 48.6 Å². The number of amides is 6. The van der Waals surface area contributed by atoms with Gasteiger partial charge in [-0.15, -0.1) is 0 Å². The van der Waals surface area contributed by atoms with Gasteiger partial charge in [0.25, 0.3) is 0 Å². The molecule has 0 fully saturated rings. The number of carboxylic acids is 2. The summed E-state index contributed by atoms with van der Waals surface area (Å²) in [5, 5.41) is 35.6. The summed E-state index contributed by atoms with van der Waals surface area (Å²) >= 11 is 0. The Hall–Kier alpha value is -6.65. The summed E-state index contributed by atoms with van der Waals surface area (Å²) < 4.78 is 0. The number of carbonyl (C=O) groups is 8. The minimum Gasteiger partial charge on any atom is -0.481 e. The van der Waals surface area contributed by atoms with Gasteiger partial charge < -0.3 is 42.1 Å². The lowest BCUT2D eigenvalue weighted by Crippen LogP contribution is -2.61. The number of pyridine rings is 1. The van der Waals surface area contributed by atoms with E-state index in [0.717, 1.165) is 0 Å². The quantitative estimate of drug-likeness (QED) is 0.0613. The Kier molecular flexibility index (Phi) is 20.6. The molecule has 17 heteroatoms. The van der Waals surface area contributed by atoms with Gasteiger partial charge in [-0.05, 0) is 46.9 Å². The minimum absolute atomic E-state index is 0.0645. The number of benzene rings is 2. The van der Waals surface area contributed by atoms with Crippen molar-refractivity contribution in [1.82, 2.24) is 36.9 Å². The Morgan fingerprint density at radius 2 is 1.03 bits per heavy atom. The van der Waals surface area contributed by atoms with Crippen LogP contribution in [0.25, 0.3) is 0 Å². The molecule has 0 radical (unpaired) electrons. The van der Waals surface area contributed by atoms with Crippen molar-refractivity contribution in [2.24, 2.45) is 17.8 Å². The molecular formula is C47H63N7O10. The average molecular weight is 886 g/mol. The smallest absolute Gasteiger partial charge is 0.326 e. The highest BCUT2D eigenvalue weighted by Gasteiger charge is 2.38. The van der Waals surface area contributed by atoms with E-state index in [4.69, 9.17) is 0 Å². The average Bonchev–Trinajstić information content (AvgIpc) is 3.26. The molecule has 3 aromatic rings. The lowest BCUT2D eigenvalue weighted by Gasteiger charge is -2.31. The third-order valence-corrected chi connectivity index (χ3v) is 11.0. The molecule has 64 heavy (non-hydrogen) atoms. The number of hydrogen-bond acceptors (Lipinski definition) is 9. The predicted molar refractivity (Wildman–Crippen MR) is 238 cm³/mol. The Bertz CT molecular complexity index is 2000. The molecule has 17 nitrogen and oxygen atoms in total. The molecule has 0 aliphatic heterocycles. The van der Waals surface area contributed by atoms with Crippen molar-refractivity contribution in [2.75, 3.05) is 0 Å². The fraction of sp³-hybridized carbons (Fsp3) is 0.468. The van der Waals surface area contributed by atoms with Crippen molar-refractivity contribution < 1.29 is 48.6 Å². The van der Waals surface area contributed by atoms with E-state index in [2.05, 4.69) is 36.9 Å². The summed E-state index contributed by atoms with van der Waals surface area (Å²) in [5.74, 6) is -9.30. The van der Waals surface area contributed by atoms with Gasteiger partial charge in [-0.1, -0.05) is 121 Å². The number of aliphatic carboxylic acids is 2. The summed E-state index contributed by atoms with van der Waals surface area (Å²) in [6.45, 7) is 11.8. The van der Waals surface area contributed by atoms with E-state index in [0.29, 0.717) is 29.5 Å². The molecule has 6 amide bonds. The normalized spacial score (nSPS) is 14.9.